The third kappa shape index (κ3) is 137. The molecule has 0 spiro atoms. The van der Waals surface area contributed by atoms with Crippen LogP contribution in [0.25, 0.3) is 0 Å². The summed E-state index contributed by atoms with van der Waals surface area (Å²) < 4.78 is 0. The molecule has 0 aromatic carbocycles. The van der Waals surface area contributed by atoms with E-state index in [0.717, 1.165) is 0 Å². The normalized spacial score (nSPS) is 0.800. The smallest absolute Gasteiger partial charge is 0.0462 e. The number of hydrogen-bond donors (Lipinski definition) is 0. The summed E-state index contributed by atoms with van der Waals surface area (Å²) in [6.45, 7) is 21.0. The maximum Gasteiger partial charge on any atom is 0.0462 e. The van der Waals surface area contributed by atoms with E-state index >= 15 is 0 Å². The largest absolute Gasteiger partial charge is 0.269 e. The second kappa shape index (κ2) is 168. The number of rotatable bonds is 0. The molecule has 0 amide bonds. The molecule has 0 aromatic heterocycles. The molecule has 0 aliphatic heterocycles. The molecule has 0 saturated carbocycles. The minimum Gasteiger partial charge on any atom is -0.269 e. The van der Waals surface area contributed by atoms with E-state index in [0.29, 0.717) is 0 Å². The summed E-state index contributed by atoms with van der Waals surface area (Å²) >= 11 is 0. The summed E-state index contributed by atoms with van der Waals surface area (Å²) in [5, 5.41) is 39.0. The molecule has 0 fully saturated rings. The predicted molar refractivity (Wildman–Crippen MR) is 45.0 cm³/mol. The fourth-order valence-corrected chi connectivity index (χ4v) is 0. The van der Waals surface area contributed by atoms with Crippen LogP contribution in [0.1, 0.15) is 0 Å². The average Bonchev–Trinajstić information content (AvgIpc) is 2.33. The first-order valence-electron chi connectivity index (χ1n) is 1.55. The van der Waals surface area contributed by atoms with E-state index in [1.165, 1.54) is 0 Å². The standard InChI is InChI=1S/6CHN.2FH.Fe/c6*1-2;;;/h6*1H;2*1H;. The second-order valence-electron chi connectivity index (χ2n) is 0. The Morgan fingerprint density at radius 3 is 0.333 bits per heavy atom. The Bertz CT molecular complexity index is 101. The van der Waals surface area contributed by atoms with Crippen LogP contribution >= 0.6 is 0 Å². The van der Waals surface area contributed by atoms with E-state index in [4.69, 9.17) is 31.6 Å². The molecule has 0 heterocycles. The van der Waals surface area contributed by atoms with Crippen LogP contribution in [0.5, 0.6) is 0 Å². The minimum atomic E-state index is 0. The number of nitrogens with zero attached hydrogens (tertiary/aromatic N) is 6. The Labute approximate surface area is 98.0 Å². The van der Waals surface area contributed by atoms with Crippen LogP contribution in [0.15, 0.2) is 0 Å². The monoisotopic (exact) mass is 258 g/mol. The zero-order valence-electron chi connectivity index (χ0n) is 7.32. The molecular formula is C6H8F2FeN6. The molecule has 0 aliphatic rings. The molecule has 6 nitrogen and oxygen atoms in total. The average molecular weight is 258 g/mol. The molecule has 0 radical (unpaired) electrons. The molecule has 0 rings (SSSR count). The predicted octanol–water partition coefficient (Wildman–Crippen LogP) is 1.14. The van der Waals surface area contributed by atoms with Gasteiger partial charge in [-0.2, -0.15) is 0 Å². The van der Waals surface area contributed by atoms with Gasteiger partial charge >= 0.3 is 0 Å². The summed E-state index contributed by atoms with van der Waals surface area (Å²) in [5.74, 6) is 0. The van der Waals surface area contributed by atoms with E-state index in [2.05, 4.69) is 39.4 Å². The molecule has 0 unspecified atom stereocenters. The Kier molecular flexibility index (Phi) is 1600. The fraction of sp³-hybridized carbons (Fsp3) is 0. The summed E-state index contributed by atoms with van der Waals surface area (Å²) in [6, 6.07) is 0. The summed E-state index contributed by atoms with van der Waals surface area (Å²) in [5.41, 5.74) is 0. The second-order valence-corrected chi connectivity index (χ2v) is 0. The fourth-order valence-electron chi connectivity index (χ4n) is 0. The third-order valence-electron chi connectivity index (χ3n) is 0. The van der Waals surface area contributed by atoms with Gasteiger partial charge in [0.2, 0.25) is 0 Å². The van der Waals surface area contributed by atoms with Crippen molar-refractivity contribution >= 4 is 0 Å². The summed E-state index contributed by atoms with van der Waals surface area (Å²) in [6.07, 6.45) is 0. The van der Waals surface area contributed by atoms with Gasteiger partial charge in [0.1, 0.15) is 0 Å². The van der Waals surface area contributed by atoms with Crippen LogP contribution in [0.3, 0.4) is 0 Å². The van der Waals surface area contributed by atoms with Gasteiger partial charge in [0.05, 0.1) is 0 Å². The van der Waals surface area contributed by atoms with E-state index in [1.54, 1.807) is 0 Å². The maximum absolute atomic E-state index is 6.50. The summed E-state index contributed by atoms with van der Waals surface area (Å²) in [7, 11) is 0. The van der Waals surface area contributed by atoms with Gasteiger partial charge in [0.25, 0.3) is 0 Å². The van der Waals surface area contributed by atoms with Crippen molar-refractivity contribution in [3.63, 3.8) is 0 Å². The van der Waals surface area contributed by atoms with Crippen molar-refractivity contribution in [2.45, 2.75) is 0 Å². The van der Waals surface area contributed by atoms with Crippen molar-refractivity contribution in [3.05, 3.63) is 0 Å². The number of halogens is 2. The molecular weight excluding hydrogens is 250 g/mol. The SMILES string of the molecule is C#N.C#N.C#N.C#N.C#N.C#N.F.F.[Fe]. The number of hydrogen-bond acceptors (Lipinski definition) is 6. The van der Waals surface area contributed by atoms with Crippen LogP contribution in [0.4, 0.5) is 9.41 Å². The van der Waals surface area contributed by atoms with Gasteiger partial charge in [0, 0.05) is 56.5 Å². The van der Waals surface area contributed by atoms with Crippen molar-refractivity contribution in [1.29, 1.82) is 31.6 Å². The van der Waals surface area contributed by atoms with Crippen molar-refractivity contribution in [3.8, 4) is 39.4 Å². The molecule has 0 aromatic rings. The summed E-state index contributed by atoms with van der Waals surface area (Å²) in [4.78, 5) is 0. The van der Waals surface area contributed by atoms with E-state index in [-0.39, 0.29) is 26.5 Å². The quantitative estimate of drug-likeness (QED) is 0.595. The molecule has 9 heteroatoms. The van der Waals surface area contributed by atoms with Crippen molar-refractivity contribution in [2.75, 3.05) is 0 Å². The Hall–Kier alpha value is -2.68. The van der Waals surface area contributed by atoms with Crippen LogP contribution in [0, 0.1) is 71.0 Å². The van der Waals surface area contributed by atoms with Gasteiger partial charge in [-0.05, 0) is 0 Å². The Morgan fingerprint density at radius 2 is 0.333 bits per heavy atom. The van der Waals surface area contributed by atoms with E-state index in [1.807, 2.05) is 0 Å². The molecule has 0 bridgehead atoms. The number of nitriles is 6. The molecule has 84 valence electrons. The molecule has 15 heavy (non-hydrogen) atoms. The van der Waals surface area contributed by atoms with Crippen molar-refractivity contribution < 1.29 is 26.5 Å². The van der Waals surface area contributed by atoms with Gasteiger partial charge in [-0.1, -0.05) is 0 Å². The molecule has 0 saturated heterocycles. The van der Waals surface area contributed by atoms with E-state index < -0.39 is 0 Å². The maximum atomic E-state index is 6.50. The third-order valence-corrected chi connectivity index (χ3v) is 0. The van der Waals surface area contributed by atoms with Gasteiger partial charge in [-0.15, -0.1) is 0 Å². The molecule has 0 N–H and O–H groups in total. The molecule has 0 atom stereocenters. The van der Waals surface area contributed by atoms with Crippen molar-refractivity contribution in [2.24, 2.45) is 0 Å². The minimum absolute atomic E-state index is 0. The first kappa shape index (κ1) is 143. The zero-order chi connectivity index (χ0) is 12.0. The topological polar surface area (TPSA) is 143 Å². The van der Waals surface area contributed by atoms with E-state index in [9.17, 15) is 0 Å². The van der Waals surface area contributed by atoms with Crippen molar-refractivity contribution in [1.82, 2.24) is 0 Å². The van der Waals surface area contributed by atoms with Crippen LogP contribution in [0.2, 0.25) is 0 Å². The Morgan fingerprint density at radius 1 is 0.333 bits per heavy atom. The van der Waals surface area contributed by atoms with Gasteiger partial charge in [0.15, 0.2) is 0 Å². The van der Waals surface area contributed by atoms with Gasteiger partial charge < -0.3 is 0 Å². The van der Waals surface area contributed by atoms with Gasteiger partial charge in [-0.25, -0.2) is 31.6 Å². The van der Waals surface area contributed by atoms with Crippen LogP contribution in [-0.2, 0) is 17.1 Å². The Balaban J connectivity index is -0.00000000396. The van der Waals surface area contributed by atoms with Gasteiger partial charge in [-0.3, -0.25) is 9.41 Å². The first-order chi connectivity index (χ1) is 6.00. The zero-order valence-corrected chi connectivity index (χ0v) is 8.42. The van der Waals surface area contributed by atoms with Crippen LogP contribution in [-0.4, -0.2) is 0 Å². The first-order valence-corrected chi connectivity index (χ1v) is 1.55. The molecule has 0 aliphatic carbocycles. The van der Waals surface area contributed by atoms with Crippen LogP contribution < -0.4 is 0 Å².